The molecule has 0 radical (unpaired) electrons. The molecule has 0 aromatic rings. The van der Waals surface area contributed by atoms with E-state index in [9.17, 15) is 4.79 Å². The number of allylic oxidation sites excluding steroid dienone is 1. The van der Waals surface area contributed by atoms with Crippen LogP contribution in [0.1, 0.15) is 19.8 Å². The minimum atomic E-state index is -0.313. The zero-order valence-corrected chi connectivity index (χ0v) is 10.6. The first kappa shape index (κ1) is 14.0. The SMILES string of the molecule is COCCN(CC1CCC=CO1)C(C)C(N)=O. The van der Waals surface area contributed by atoms with Crippen LogP contribution in [0.2, 0.25) is 0 Å². The summed E-state index contributed by atoms with van der Waals surface area (Å²) in [5.41, 5.74) is 5.34. The van der Waals surface area contributed by atoms with E-state index in [1.807, 2.05) is 17.9 Å². The van der Waals surface area contributed by atoms with E-state index in [1.165, 1.54) is 0 Å². The number of nitrogens with two attached hydrogens (primary N) is 1. The molecule has 5 nitrogen and oxygen atoms in total. The smallest absolute Gasteiger partial charge is 0.234 e. The quantitative estimate of drug-likeness (QED) is 0.706. The van der Waals surface area contributed by atoms with Gasteiger partial charge in [0, 0.05) is 20.2 Å². The maximum atomic E-state index is 11.2. The summed E-state index contributed by atoms with van der Waals surface area (Å²) in [7, 11) is 1.65. The zero-order valence-electron chi connectivity index (χ0n) is 10.6. The molecule has 1 rings (SSSR count). The molecule has 0 aromatic heterocycles. The molecule has 0 saturated heterocycles. The highest BCUT2D eigenvalue weighted by atomic mass is 16.5. The number of nitrogens with zero attached hydrogens (tertiary/aromatic N) is 1. The second-order valence-electron chi connectivity index (χ2n) is 4.27. The normalized spacial score (nSPS) is 21.2. The average Bonchev–Trinajstić information content (AvgIpc) is 2.34. The van der Waals surface area contributed by atoms with Crippen molar-refractivity contribution in [1.29, 1.82) is 0 Å². The van der Waals surface area contributed by atoms with E-state index in [0.29, 0.717) is 19.7 Å². The molecule has 0 bridgehead atoms. The first-order valence-corrected chi connectivity index (χ1v) is 5.98. The van der Waals surface area contributed by atoms with Gasteiger partial charge in [0.25, 0.3) is 0 Å². The van der Waals surface area contributed by atoms with E-state index in [2.05, 4.69) is 0 Å². The van der Waals surface area contributed by atoms with Crippen LogP contribution >= 0.6 is 0 Å². The molecule has 0 aromatic carbocycles. The second kappa shape index (κ2) is 7.29. The lowest BCUT2D eigenvalue weighted by Gasteiger charge is -2.31. The number of rotatable bonds is 7. The third-order valence-corrected chi connectivity index (χ3v) is 3.00. The molecular formula is C12H22N2O3. The van der Waals surface area contributed by atoms with Crippen LogP contribution < -0.4 is 5.73 Å². The number of carbonyl (C=O) groups excluding carboxylic acids is 1. The largest absolute Gasteiger partial charge is 0.497 e. The van der Waals surface area contributed by atoms with Gasteiger partial charge in [-0.1, -0.05) is 0 Å². The second-order valence-corrected chi connectivity index (χ2v) is 4.27. The molecule has 5 heteroatoms. The van der Waals surface area contributed by atoms with Crippen LogP contribution in [-0.2, 0) is 14.3 Å². The van der Waals surface area contributed by atoms with Crippen molar-refractivity contribution in [3.05, 3.63) is 12.3 Å². The molecule has 0 spiro atoms. The summed E-state index contributed by atoms with van der Waals surface area (Å²) in [5.74, 6) is -0.313. The zero-order chi connectivity index (χ0) is 12.7. The monoisotopic (exact) mass is 242 g/mol. The van der Waals surface area contributed by atoms with Crippen molar-refractivity contribution in [2.24, 2.45) is 5.73 Å². The molecule has 17 heavy (non-hydrogen) atoms. The van der Waals surface area contributed by atoms with Crippen LogP contribution in [0.5, 0.6) is 0 Å². The summed E-state index contributed by atoms with van der Waals surface area (Å²) >= 11 is 0. The van der Waals surface area contributed by atoms with Gasteiger partial charge in [0.2, 0.25) is 5.91 Å². The summed E-state index contributed by atoms with van der Waals surface area (Å²) in [5, 5.41) is 0. The predicted molar refractivity (Wildman–Crippen MR) is 65.4 cm³/mol. The van der Waals surface area contributed by atoms with E-state index >= 15 is 0 Å². The molecule has 0 saturated carbocycles. The molecule has 1 aliphatic heterocycles. The Kier molecular flexibility index (Phi) is 6.00. The molecule has 0 fully saturated rings. The van der Waals surface area contributed by atoms with Gasteiger partial charge >= 0.3 is 0 Å². The van der Waals surface area contributed by atoms with Gasteiger partial charge < -0.3 is 15.2 Å². The van der Waals surface area contributed by atoms with Crippen molar-refractivity contribution in [1.82, 2.24) is 4.90 Å². The summed E-state index contributed by atoms with van der Waals surface area (Å²) < 4.78 is 10.5. The number of methoxy groups -OCH3 is 1. The van der Waals surface area contributed by atoms with Crippen molar-refractivity contribution in [3.63, 3.8) is 0 Å². The van der Waals surface area contributed by atoms with Gasteiger partial charge in [0.15, 0.2) is 0 Å². The molecule has 98 valence electrons. The predicted octanol–water partition coefficient (Wildman–Crippen LogP) is 0.501. The third kappa shape index (κ3) is 4.75. The van der Waals surface area contributed by atoms with E-state index in [0.717, 1.165) is 12.8 Å². The fourth-order valence-corrected chi connectivity index (χ4v) is 1.81. The molecule has 2 unspecified atom stereocenters. The van der Waals surface area contributed by atoms with Crippen LogP contribution in [-0.4, -0.2) is 49.8 Å². The first-order chi connectivity index (χ1) is 8.15. The summed E-state index contributed by atoms with van der Waals surface area (Å²) in [6, 6.07) is -0.292. The van der Waals surface area contributed by atoms with Gasteiger partial charge in [-0.05, 0) is 25.8 Å². The van der Waals surface area contributed by atoms with Gasteiger partial charge in [0.1, 0.15) is 6.10 Å². The van der Waals surface area contributed by atoms with Crippen LogP contribution in [0.15, 0.2) is 12.3 Å². The lowest BCUT2D eigenvalue weighted by Crippen LogP contribution is -2.47. The van der Waals surface area contributed by atoms with E-state index < -0.39 is 0 Å². The number of primary amides is 1. The molecular weight excluding hydrogens is 220 g/mol. The van der Waals surface area contributed by atoms with Gasteiger partial charge in [-0.15, -0.1) is 0 Å². The molecule has 2 N–H and O–H groups in total. The Balaban J connectivity index is 2.49. The Morgan fingerprint density at radius 2 is 2.47 bits per heavy atom. The highest BCUT2D eigenvalue weighted by Gasteiger charge is 2.23. The lowest BCUT2D eigenvalue weighted by molar-refractivity contribution is -0.123. The number of amides is 1. The first-order valence-electron chi connectivity index (χ1n) is 5.98. The topological polar surface area (TPSA) is 64.8 Å². The minimum absolute atomic E-state index is 0.138. The van der Waals surface area contributed by atoms with Crippen LogP contribution in [0.25, 0.3) is 0 Å². The highest BCUT2D eigenvalue weighted by molar-refractivity contribution is 5.79. The van der Waals surface area contributed by atoms with Gasteiger partial charge in [0.05, 0.1) is 18.9 Å². The maximum Gasteiger partial charge on any atom is 0.234 e. The standard InChI is InChI=1S/C12H22N2O3/c1-10(12(13)15)14(6-8-16-2)9-11-5-3-4-7-17-11/h4,7,10-11H,3,5-6,8-9H2,1-2H3,(H2,13,15). The van der Waals surface area contributed by atoms with E-state index in [4.69, 9.17) is 15.2 Å². The minimum Gasteiger partial charge on any atom is -0.497 e. The van der Waals surface area contributed by atoms with Crippen LogP contribution in [0.3, 0.4) is 0 Å². The Hall–Kier alpha value is -1.07. The third-order valence-electron chi connectivity index (χ3n) is 3.00. The Labute approximate surface area is 103 Å². The Bertz CT molecular complexity index is 268. The average molecular weight is 242 g/mol. The van der Waals surface area contributed by atoms with Gasteiger partial charge in [-0.25, -0.2) is 0 Å². The van der Waals surface area contributed by atoms with Crippen LogP contribution in [0.4, 0.5) is 0 Å². The van der Waals surface area contributed by atoms with Gasteiger partial charge in [-0.2, -0.15) is 0 Å². The van der Waals surface area contributed by atoms with Crippen molar-refractivity contribution in [2.45, 2.75) is 31.9 Å². The van der Waals surface area contributed by atoms with Crippen molar-refractivity contribution in [2.75, 3.05) is 26.8 Å². The summed E-state index contributed by atoms with van der Waals surface area (Å²) in [6.07, 6.45) is 5.88. The van der Waals surface area contributed by atoms with Crippen molar-refractivity contribution < 1.29 is 14.3 Å². The van der Waals surface area contributed by atoms with E-state index in [1.54, 1.807) is 13.4 Å². The fraction of sp³-hybridized carbons (Fsp3) is 0.750. The molecule has 1 aliphatic rings. The summed E-state index contributed by atoms with van der Waals surface area (Å²) in [6.45, 7) is 3.79. The molecule has 1 amide bonds. The number of hydrogen-bond acceptors (Lipinski definition) is 4. The molecule has 2 atom stereocenters. The number of carbonyl (C=O) groups is 1. The van der Waals surface area contributed by atoms with Gasteiger partial charge in [-0.3, -0.25) is 9.69 Å². The Morgan fingerprint density at radius 3 is 3.00 bits per heavy atom. The van der Waals surface area contributed by atoms with Crippen molar-refractivity contribution in [3.8, 4) is 0 Å². The van der Waals surface area contributed by atoms with Crippen LogP contribution in [0, 0.1) is 0 Å². The maximum absolute atomic E-state index is 11.2. The number of ether oxygens (including phenoxy) is 2. The van der Waals surface area contributed by atoms with E-state index in [-0.39, 0.29) is 18.1 Å². The Morgan fingerprint density at radius 1 is 1.71 bits per heavy atom. The lowest BCUT2D eigenvalue weighted by atomic mass is 10.1. The summed E-state index contributed by atoms with van der Waals surface area (Å²) in [4.78, 5) is 13.2. The molecule has 0 aliphatic carbocycles. The van der Waals surface area contributed by atoms with Crippen molar-refractivity contribution >= 4 is 5.91 Å². The number of hydrogen-bond donors (Lipinski definition) is 1. The molecule has 1 heterocycles. The fourth-order valence-electron chi connectivity index (χ4n) is 1.81. The highest BCUT2D eigenvalue weighted by Crippen LogP contribution is 2.13.